The van der Waals surface area contributed by atoms with Gasteiger partial charge in [0.25, 0.3) is 0 Å². The molecule has 0 amide bonds. The summed E-state index contributed by atoms with van der Waals surface area (Å²) in [6.45, 7) is 2.22. The van der Waals surface area contributed by atoms with Gasteiger partial charge in [0, 0.05) is 0 Å². The third-order valence-electron chi connectivity index (χ3n) is 1.31. The maximum atomic E-state index is 12.6. The van der Waals surface area contributed by atoms with Gasteiger partial charge in [-0.15, -0.1) is 0 Å². The zero-order chi connectivity index (χ0) is 11.2. The van der Waals surface area contributed by atoms with Crippen molar-refractivity contribution >= 4 is 0 Å². The number of rotatable bonds is 7. The molecule has 0 aromatic rings. The van der Waals surface area contributed by atoms with Crippen molar-refractivity contribution in [1.82, 2.24) is 0 Å². The average molecular weight is 218 g/mol. The molecule has 0 aliphatic carbocycles. The highest BCUT2D eigenvalue weighted by atomic mass is 19.3. The van der Waals surface area contributed by atoms with E-state index in [-0.39, 0.29) is 12.8 Å². The number of halogens is 4. The van der Waals surface area contributed by atoms with Gasteiger partial charge in [-0.1, -0.05) is 13.8 Å². The Bertz CT molecular complexity index is 143. The number of hydrogen-bond acceptors (Lipinski definition) is 2. The molecule has 2 nitrogen and oxygen atoms in total. The highest BCUT2D eigenvalue weighted by molar-refractivity contribution is 4.66. The molecular formula is C8H14F4O2. The fourth-order valence-electron chi connectivity index (χ4n) is 0.629. The van der Waals surface area contributed by atoms with Crippen LogP contribution < -0.4 is 0 Å². The van der Waals surface area contributed by atoms with Gasteiger partial charge in [0.2, 0.25) is 0 Å². The molecule has 6 heteroatoms. The lowest BCUT2D eigenvalue weighted by Crippen LogP contribution is -2.45. The largest absolute Gasteiger partial charge is 0.448 e. The Morgan fingerprint density at radius 2 is 1.07 bits per heavy atom. The van der Waals surface area contributed by atoms with Gasteiger partial charge in [-0.2, -0.15) is 17.6 Å². The van der Waals surface area contributed by atoms with Crippen LogP contribution in [-0.4, -0.2) is 25.4 Å². The smallest absolute Gasteiger partial charge is 0.313 e. The molecule has 0 aromatic heterocycles. The van der Waals surface area contributed by atoms with Gasteiger partial charge in [-0.05, 0) is 12.8 Å². The van der Waals surface area contributed by atoms with E-state index >= 15 is 0 Å². The topological polar surface area (TPSA) is 18.5 Å². The van der Waals surface area contributed by atoms with Crippen molar-refractivity contribution in [1.29, 1.82) is 0 Å². The van der Waals surface area contributed by atoms with Crippen LogP contribution in [0.25, 0.3) is 0 Å². The summed E-state index contributed by atoms with van der Waals surface area (Å²) < 4.78 is 57.9. The molecular weight excluding hydrogens is 204 g/mol. The van der Waals surface area contributed by atoms with Gasteiger partial charge in [-0.3, -0.25) is 0 Å². The van der Waals surface area contributed by atoms with Gasteiger partial charge in [-0.25, -0.2) is 0 Å². The molecule has 0 saturated carbocycles. The molecule has 0 rings (SSSR count). The van der Waals surface area contributed by atoms with E-state index in [0.717, 1.165) is 0 Å². The first-order chi connectivity index (χ1) is 6.37. The summed E-state index contributed by atoms with van der Waals surface area (Å²) in [5.74, 6) is 0. The fraction of sp³-hybridized carbons (Fsp3) is 1.00. The molecule has 0 radical (unpaired) electrons. The van der Waals surface area contributed by atoms with Crippen LogP contribution in [0.3, 0.4) is 0 Å². The maximum absolute atomic E-state index is 12.6. The minimum absolute atomic E-state index is 0.236. The van der Waals surface area contributed by atoms with Gasteiger partial charge in [0.1, 0.15) is 0 Å². The summed E-state index contributed by atoms with van der Waals surface area (Å²) in [5, 5.41) is 0. The number of ether oxygens (including phenoxy) is 2. The van der Waals surface area contributed by atoms with Crippen LogP contribution in [0.2, 0.25) is 0 Å². The molecule has 0 atom stereocenters. The second-order valence-corrected chi connectivity index (χ2v) is 2.73. The van der Waals surface area contributed by atoms with E-state index in [1.165, 1.54) is 0 Å². The van der Waals surface area contributed by atoms with Gasteiger partial charge in [0.15, 0.2) is 0 Å². The summed E-state index contributed by atoms with van der Waals surface area (Å²) >= 11 is 0. The van der Waals surface area contributed by atoms with Crippen molar-refractivity contribution in [3.05, 3.63) is 0 Å². The van der Waals surface area contributed by atoms with E-state index in [0.29, 0.717) is 0 Å². The molecule has 0 saturated heterocycles. The minimum Gasteiger partial charge on any atom is -0.313 e. The Hall–Kier alpha value is -0.360. The van der Waals surface area contributed by atoms with Crippen molar-refractivity contribution < 1.29 is 27.0 Å². The molecule has 0 aliphatic heterocycles. The van der Waals surface area contributed by atoms with E-state index in [2.05, 4.69) is 9.47 Å². The van der Waals surface area contributed by atoms with Gasteiger partial charge < -0.3 is 9.47 Å². The molecule has 0 aliphatic rings. The molecule has 86 valence electrons. The summed E-state index contributed by atoms with van der Waals surface area (Å²) in [6.07, 6.45) is -8.64. The SMILES string of the molecule is CCCOC(F)(F)C(F)(F)OCCC. The Morgan fingerprint density at radius 1 is 0.786 bits per heavy atom. The first-order valence-electron chi connectivity index (χ1n) is 4.41. The van der Waals surface area contributed by atoms with Crippen LogP contribution in [0.1, 0.15) is 26.7 Å². The molecule has 0 aromatic carbocycles. The third kappa shape index (κ3) is 3.79. The number of hydrogen-bond donors (Lipinski definition) is 0. The minimum atomic E-state index is -4.56. The molecule has 0 bridgehead atoms. The second kappa shape index (κ2) is 5.50. The monoisotopic (exact) mass is 218 g/mol. The second-order valence-electron chi connectivity index (χ2n) is 2.73. The van der Waals surface area contributed by atoms with Crippen molar-refractivity contribution in [2.75, 3.05) is 13.2 Å². The molecule has 14 heavy (non-hydrogen) atoms. The highest BCUT2D eigenvalue weighted by Gasteiger charge is 2.59. The summed E-state index contributed by atoms with van der Waals surface area (Å²) in [5.41, 5.74) is 0. The van der Waals surface area contributed by atoms with Gasteiger partial charge in [0.05, 0.1) is 13.2 Å². The molecule has 0 fully saturated rings. The van der Waals surface area contributed by atoms with Crippen LogP contribution in [0.15, 0.2) is 0 Å². The summed E-state index contributed by atoms with van der Waals surface area (Å²) in [7, 11) is 0. The summed E-state index contributed by atoms with van der Waals surface area (Å²) in [6, 6.07) is 0. The average Bonchev–Trinajstić information content (AvgIpc) is 2.11. The van der Waals surface area contributed by atoms with Crippen molar-refractivity contribution in [2.24, 2.45) is 0 Å². The van der Waals surface area contributed by atoms with E-state index < -0.39 is 25.4 Å². The van der Waals surface area contributed by atoms with Gasteiger partial charge >= 0.3 is 12.2 Å². The summed E-state index contributed by atoms with van der Waals surface area (Å²) in [4.78, 5) is 0. The fourth-order valence-corrected chi connectivity index (χ4v) is 0.629. The molecule has 0 unspecified atom stereocenters. The third-order valence-corrected chi connectivity index (χ3v) is 1.31. The normalized spacial score (nSPS) is 13.3. The Balaban J connectivity index is 4.20. The maximum Gasteiger partial charge on any atom is 0.448 e. The molecule has 0 N–H and O–H groups in total. The van der Waals surface area contributed by atoms with E-state index in [1.807, 2.05) is 0 Å². The van der Waals surface area contributed by atoms with Crippen LogP contribution in [0.5, 0.6) is 0 Å². The van der Waals surface area contributed by atoms with Crippen molar-refractivity contribution in [3.8, 4) is 0 Å². The number of alkyl halides is 4. The zero-order valence-electron chi connectivity index (χ0n) is 8.16. The van der Waals surface area contributed by atoms with Crippen LogP contribution in [-0.2, 0) is 9.47 Å². The van der Waals surface area contributed by atoms with E-state index in [1.54, 1.807) is 13.8 Å². The zero-order valence-corrected chi connectivity index (χ0v) is 8.16. The Morgan fingerprint density at radius 3 is 1.29 bits per heavy atom. The first kappa shape index (κ1) is 13.6. The van der Waals surface area contributed by atoms with E-state index in [4.69, 9.17) is 0 Å². The Kier molecular flexibility index (Phi) is 5.36. The van der Waals surface area contributed by atoms with E-state index in [9.17, 15) is 17.6 Å². The lowest BCUT2D eigenvalue weighted by atomic mass is 10.5. The lowest BCUT2D eigenvalue weighted by Gasteiger charge is -2.25. The predicted octanol–water partition coefficient (Wildman–Crippen LogP) is 3.03. The van der Waals surface area contributed by atoms with Crippen LogP contribution in [0.4, 0.5) is 17.6 Å². The first-order valence-corrected chi connectivity index (χ1v) is 4.41. The van der Waals surface area contributed by atoms with Crippen LogP contribution in [0, 0.1) is 0 Å². The highest BCUT2D eigenvalue weighted by Crippen LogP contribution is 2.36. The standard InChI is InChI=1S/C8H14F4O2/c1-3-5-13-7(9,10)8(11,12)14-6-4-2/h3-6H2,1-2H3. The van der Waals surface area contributed by atoms with Crippen LogP contribution >= 0.6 is 0 Å². The molecule has 0 spiro atoms. The Labute approximate surface area is 80.2 Å². The predicted molar refractivity (Wildman–Crippen MR) is 42.4 cm³/mol. The molecule has 0 heterocycles. The lowest BCUT2D eigenvalue weighted by molar-refractivity contribution is -0.430. The van der Waals surface area contributed by atoms with Crippen molar-refractivity contribution in [3.63, 3.8) is 0 Å². The quantitative estimate of drug-likeness (QED) is 0.611. The van der Waals surface area contributed by atoms with Crippen molar-refractivity contribution in [2.45, 2.75) is 38.9 Å².